The Balaban J connectivity index is 2.13. The maximum absolute atomic E-state index is 3.31. The first-order valence-corrected chi connectivity index (χ1v) is 3.86. The molecule has 0 unspecified atom stereocenters. The first-order valence-electron chi connectivity index (χ1n) is 3.36. The lowest BCUT2D eigenvalue weighted by Crippen LogP contribution is -2.28. The molecule has 3 radical (unpaired) electrons. The second-order valence-corrected chi connectivity index (χ2v) is 2.77. The van der Waals surface area contributed by atoms with E-state index in [-0.39, 0.29) is 0 Å². The van der Waals surface area contributed by atoms with Gasteiger partial charge in [-0.05, 0) is 18.9 Å². The van der Waals surface area contributed by atoms with Crippen LogP contribution in [0.4, 0.5) is 0 Å². The number of hydrogen-bond acceptors (Lipinski definition) is 1. The van der Waals surface area contributed by atoms with Crippen LogP contribution < -0.4 is 4.98 Å². The summed E-state index contributed by atoms with van der Waals surface area (Å²) in [7, 11) is 3.31. The smallest absolute Gasteiger partial charge is 0.140 e. The topological polar surface area (TPSA) is 12.0 Å². The molecule has 0 aliphatic heterocycles. The van der Waals surface area contributed by atoms with Crippen molar-refractivity contribution < 1.29 is 0 Å². The van der Waals surface area contributed by atoms with Crippen LogP contribution in [0.3, 0.4) is 0 Å². The molecular formula is C6H12NSi. The van der Waals surface area contributed by atoms with Crippen LogP contribution in [0.5, 0.6) is 0 Å². The second kappa shape index (κ2) is 3.25. The lowest BCUT2D eigenvalue weighted by atomic mass is 9.96. The fraction of sp³-hybridized carbons (Fsp3) is 1.00. The van der Waals surface area contributed by atoms with Gasteiger partial charge in [0.15, 0.2) is 0 Å². The van der Waals surface area contributed by atoms with E-state index in [0.29, 0.717) is 0 Å². The minimum Gasteiger partial charge on any atom is -0.338 e. The molecule has 2 heteroatoms. The van der Waals surface area contributed by atoms with Gasteiger partial charge >= 0.3 is 0 Å². The van der Waals surface area contributed by atoms with Gasteiger partial charge in [0.1, 0.15) is 10.4 Å². The third kappa shape index (κ3) is 1.60. The van der Waals surface area contributed by atoms with Gasteiger partial charge in [-0.2, -0.15) is 0 Å². The van der Waals surface area contributed by atoms with Crippen LogP contribution in [0, 0.1) is 0 Å². The summed E-state index contributed by atoms with van der Waals surface area (Å²) in [6, 6.07) is 0.750. The molecule has 0 heterocycles. The van der Waals surface area contributed by atoms with Gasteiger partial charge in [-0.25, -0.2) is 0 Å². The Morgan fingerprint density at radius 3 is 2.12 bits per heavy atom. The Morgan fingerprint density at radius 2 is 1.75 bits per heavy atom. The zero-order valence-corrected chi connectivity index (χ0v) is 6.11. The van der Waals surface area contributed by atoms with E-state index in [1.807, 2.05) is 0 Å². The van der Waals surface area contributed by atoms with E-state index in [4.69, 9.17) is 0 Å². The molecule has 0 aromatic heterocycles. The Labute approximate surface area is 54.4 Å². The third-order valence-electron chi connectivity index (χ3n) is 1.81. The largest absolute Gasteiger partial charge is 0.338 e. The van der Waals surface area contributed by atoms with Gasteiger partial charge in [-0.3, -0.25) is 0 Å². The molecule has 1 aliphatic carbocycles. The second-order valence-electron chi connectivity index (χ2n) is 2.48. The molecule has 1 nitrogen and oxygen atoms in total. The van der Waals surface area contributed by atoms with Crippen molar-refractivity contribution in [2.24, 2.45) is 0 Å². The third-order valence-corrected chi connectivity index (χ3v) is 2.22. The highest BCUT2D eigenvalue weighted by Crippen LogP contribution is 2.16. The average Bonchev–Trinajstić information content (AvgIpc) is 1.90. The summed E-state index contributed by atoms with van der Waals surface area (Å²) in [5, 5.41) is 0. The average molecular weight is 126 g/mol. The zero-order chi connectivity index (χ0) is 5.82. The summed E-state index contributed by atoms with van der Waals surface area (Å²) in [4.78, 5) is 3.11. The highest BCUT2D eigenvalue weighted by Gasteiger charge is 2.09. The Morgan fingerprint density at radius 1 is 1.12 bits per heavy atom. The quantitative estimate of drug-likeness (QED) is 0.517. The molecule has 0 amide bonds. The van der Waals surface area contributed by atoms with Gasteiger partial charge in [0.25, 0.3) is 0 Å². The van der Waals surface area contributed by atoms with E-state index < -0.39 is 0 Å². The fourth-order valence-corrected chi connectivity index (χ4v) is 1.54. The van der Waals surface area contributed by atoms with Crippen molar-refractivity contribution in [1.82, 2.24) is 4.98 Å². The first kappa shape index (κ1) is 6.30. The molecule has 8 heavy (non-hydrogen) atoms. The number of hydrogen-bond donors (Lipinski definition) is 1. The van der Waals surface area contributed by atoms with Crippen molar-refractivity contribution in [3.05, 3.63) is 0 Å². The van der Waals surface area contributed by atoms with E-state index in [1.54, 1.807) is 0 Å². The molecule has 1 aliphatic rings. The summed E-state index contributed by atoms with van der Waals surface area (Å²) in [5.74, 6) is 0. The summed E-state index contributed by atoms with van der Waals surface area (Å²) < 4.78 is 0. The standard InChI is InChI=1S/C6H12NSi/c8-7-6-4-2-1-3-5-6/h6-7H,1-5H2. The van der Waals surface area contributed by atoms with Crippen molar-refractivity contribution in [3.8, 4) is 0 Å². The predicted molar refractivity (Wildman–Crippen MR) is 35.8 cm³/mol. The maximum Gasteiger partial charge on any atom is 0.140 e. The summed E-state index contributed by atoms with van der Waals surface area (Å²) in [6.07, 6.45) is 6.95. The Kier molecular flexibility index (Phi) is 2.56. The van der Waals surface area contributed by atoms with Gasteiger partial charge in [-0.15, -0.1) is 0 Å². The van der Waals surface area contributed by atoms with Crippen molar-refractivity contribution in [2.75, 3.05) is 0 Å². The lowest BCUT2D eigenvalue weighted by Gasteiger charge is -2.20. The van der Waals surface area contributed by atoms with Gasteiger partial charge in [-0.1, -0.05) is 19.3 Å². The minimum atomic E-state index is 0.750. The van der Waals surface area contributed by atoms with Gasteiger partial charge in [0.05, 0.1) is 0 Å². The van der Waals surface area contributed by atoms with Crippen LogP contribution >= 0.6 is 0 Å². The van der Waals surface area contributed by atoms with E-state index in [0.717, 1.165) is 6.04 Å². The molecule has 0 bridgehead atoms. The number of rotatable bonds is 1. The van der Waals surface area contributed by atoms with Crippen molar-refractivity contribution in [1.29, 1.82) is 0 Å². The van der Waals surface area contributed by atoms with E-state index in [1.165, 1.54) is 32.1 Å². The normalized spacial score (nSPS) is 23.6. The van der Waals surface area contributed by atoms with Crippen LogP contribution in [0.1, 0.15) is 32.1 Å². The zero-order valence-electron chi connectivity index (χ0n) is 5.11. The van der Waals surface area contributed by atoms with Crippen LogP contribution in [-0.4, -0.2) is 16.4 Å². The highest BCUT2D eigenvalue weighted by molar-refractivity contribution is 6.04. The SMILES string of the molecule is [Si]NC1CCCCC1. The molecule has 0 atom stereocenters. The Bertz CT molecular complexity index is 59.5. The molecule has 1 saturated carbocycles. The fourth-order valence-electron chi connectivity index (χ4n) is 1.25. The molecule has 0 aromatic rings. The maximum atomic E-state index is 3.31. The molecule has 0 aromatic carbocycles. The van der Waals surface area contributed by atoms with Crippen LogP contribution in [0.2, 0.25) is 0 Å². The van der Waals surface area contributed by atoms with Crippen LogP contribution in [0.25, 0.3) is 0 Å². The van der Waals surface area contributed by atoms with Crippen LogP contribution in [0.15, 0.2) is 0 Å². The molecule has 1 N–H and O–H groups in total. The molecule has 45 valence electrons. The van der Waals surface area contributed by atoms with Crippen LogP contribution in [-0.2, 0) is 0 Å². The van der Waals surface area contributed by atoms with Gasteiger partial charge in [0, 0.05) is 0 Å². The first-order chi connectivity index (χ1) is 3.93. The van der Waals surface area contributed by atoms with Gasteiger partial charge in [0.2, 0.25) is 0 Å². The minimum absolute atomic E-state index is 0.750. The number of nitrogens with one attached hydrogen (secondary N) is 1. The Hall–Kier alpha value is 0.177. The highest BCUT2D eigenvalue weighted by atomic mass is 28.2. The van der Waals surface area contributed by atoms with E-state index >= 15 is 0 Å². The molecular weight excluding hydrogens is 114 g/mol. The van der Waals surface area contributed by atoms with E-state index in [2.05, 4.69) is 15.4 Å². The van der Waals surface area contributed by atoms with Gasteiger partial charge < -0.3 is 4.98 Å². The molecule has 0 spiro atoms. The molecule has 1 rings (SSSR count). The van der Waals surface area contributed by atoms with Crippen molar-refractivity contribution in [2.45, 2.75) is 38.1 Å². The monoisotopic (exact) mass is 126 g/mol. The predicted octanol–water partition coefficient (Wildman–Crippen LogP) is 0.992. The van der Waals surface area contributed by atoms with Crippen molar-refractivity contribution in [3.63, 3.8) is 0 Å². The summed E-state index contributed by atoms with van der Waals surface area (Å²) >= 11 is 0. The van der Waals surface area contributed by atoms with E-state index in [9.17, 15) is 0 Å². The summed E-state index contributed by atoms with van der Waals surface area (Å²) in [6.45, 7) is 0. The molecule has 1 fully saturated rings. The molecule has 0 saturated heterocycles. The summed E-state index contributed by atoms with van der Waals surface area (Å²) in [5.41, 5.74) is 0. The van der Waals surface area contributed by atoms with Crippen molar-refractivity contribution >= 4 is 10.4 Å². The lowest BCUT2D eigenvalue weighted by molar-refractivity contribution is 0.420.